The highest BCUT2D eigenvalue weighted by atomic mass is 79.9. The summed E-state index contributed by atoms with van der Waals surface area (Å²) in [6.45, 7) is 0.713. The van der Waals surface area contributed by atoms with E-state index in [-0.39, 0.29) is 5.91 Å². The van der Waals surface area contributed by atoms with Crippen LogP contribution < -0.4 is 20.5 Å². The number of unbranched alkanes of at least 4 members (excludes halogenated alkanes) is 3. The summed E-state index contributed by atoms with van der Waals surface area (Å²) in [7, 11) is 3.14. The third-order valence-electron chi connectivity index (χ3n) is 3.11. The lowest BCUT2D eigenvalue weighted by molar-refractivity contribution is -0.116. The number of halogens is 1. The van der Waals surface area contributed by atoms with Gasteiger partial charge in [-0.05, 0) is 35.3 Å². The second-order valence-corrected chi connectivity index (χ2v) is 5.54. The molecule has 0 aromatic heterocycles. The van der Waals surface area contributed by atoms with Crippen molar-refractivity contribution in [2.75, 3.05) is 26.1 Å². The van der Waals surface area contributed by atoms with E-state index in [0.717, 1.165) is 30.2 Å². The number of hydrogen-bond acceptors (Lipinski definition) is 4. The Bertz CT molecular complexity index is 466. The topological polar surface area (TPSA) is 73.6 Å². The zero-order chi connectivity index (χ0) is 15.7. The summed E-state index contributed by atoms with van der Waals surface area (Å²) in [4.78, 5) is 11.9. The van der Waals surface area contributed by atoms with Gasteiger partial charge < -0.3 is 20.5 Å². The Balaban J connectivity index is 2.55. The van der Waals surface area contributed by atoms with E-state index in [9.17, 15) is 4.79 Å². The number of rotatable bonds is 9. The number of benzene rings is 1. The fraction of sp³-hybridized carbons (Fsp3) is 0.533. The van der Waals surface area contributed by atoms with Gasteiger partial charge in [-0.2, -0.15) is 0 Å². The highest BCUT2D eigenvalue weighted by molar-refractivity contribution is 9.10. The van der Waals surface area contributed by atoms with E-state index < -0.39 is 0 Å². The molecule has 1 amide bonds. The van der Waals surface area contributed by atoms with E-state index in [1.165, 1.54) is 0 Å². The molecule has 0 unspecified atom stereocenters. The summed E-state index contributed by atoms with van der Waals surface area (Å²) in [5, 5.41) is 2.88. The van der Waals surface area contributed by atoms with Gasteiger partial charge in [0.1, 0.15) is 0 Å². The summed E-state index contributed by atoms with van der Waals surface area (Å²) >= 11 is 3.42. The Hall–Kier alpha value is -1.27. The smallest absolute Gasteiger partial charge is 0.224 e. The minimum atomic E-state index is -0.00401. The Labute approximate surface area is 134 Å². The standard InChI is InChI=1S/C15H23BrN2O3/c1-20-13-9-11(16)12(10-14(13)21-2)18-15(19)7-5-3-4-6-8-17/h9-10H,3-8,17H2,1-2H3,(H,18,19). The van der Waals surface area contributed by atoms with Crippen LogP contribution in [0.2, 0.25) is 0 Å². The van der Waals surface area contributed by atoms with Crippen LogP contribution in [0.3, 0.4) is 0 Å². The van der Waals surface area contributed by atoms with Gasteiger partial charge in [0.2, 0.25) is 5.91 Å². The molecule has 0 saturated heterocycles. The number of methoxy groups -OCH3 is 2. The van der Waals surface area contributed by atoms with Gasteiger partial charge in [-0.15, -0.1) is 0 Å². The molecule has 1 rings (SSSR count). The number of amides is 1. The molecule has 0 fully saturated rings. The molecule has 5 nitrogen and oxygen atoms in total. The number of nitrogens with one attached hydrogen (secondary N) is 1. The van der Waals surface area contributed by atoms with Crippen molar-refractivity contribution < 1.29 is 14.3 Å². The van der Waals surface area contributed by atoms with Crippen molar-refractivity contribution in [3.05, 3.63) is 16.6 Å². The molecule has 0 aliphatic carbocycles. The van der Waals surface area contributed by atoms with E-state index in [1.807, 2.05) is 0 Å². The van der Waals surface area contributed by atoms with Crippen LogP contribution in [0, 0.1) is 0 Å². The van der Waals surface area contributed by atoms with Gasteiger partial charge in [0.05, 0.1) is 19.9 Å². The van der Waals surface area contributed by atoms with Crippen molar-refractivity contribution in [3.63, 3.8) is 0 Å². The molecule has 0 heterocycles. The maximum atomic E-state index is 11.9. The molecule has 0 radical (unpaired) electrons. The predicted molar refractivity (Wildman–Crippen MR) is 88.0 cm³/mol. The molecule has 6 heteroatoms. The molecule has 1 aromatic carbocycles. The zero-order valence-electron chi connectivity index (χ0n) is 12.6. The lowest BCUT2D eigenvalue weighted by Crippen LogP contribution is -2.12. The largest absolute Gasteiger partial charge is 0.493 e. The monoisotopic (exact) mass is 358 g/mol. The van der Waals surface area contributed by atoms with Gasteiger partial charge in [0.25, 0.3) is 0 Å². The molecule has 0 bridgehead atoms. The Morgan fingerprint density at radius 2 is 1.76 bits per heavy atom. The van der Waals surface area contributed by atoms with Gasteiger partial charge in [-0.1, -0.05) is 12.8 Å². The number of ether oxygens (including phenoxy) is 2. The molecule has 0 atom stereocenters. The first-order valence-electron chi connectivity index (χ1n) is 7.03. The number of hydrogen-bond donors (Lipinski definition) is 2. The van der Waals surface area contributed by atoms with Crippen LogP contribution in [-0.2, 0) is 4.79 Å². The van der Waals surface area contributed by atoms with E-state index in [4.69, 9.17) is 15.2 Å². The third-order valence-corrected chi connectivity index (χ3v) is 3.76. The average molecular weight is 359 g/mol. The minimum absolute atomic E-state index is 0.00401. The normalized spacial score (nSPS) is 10.3. The van der Waals surface area contributed by atoms with E-state index in [1.54, 1.807) is 26.4 Å². The highest BCUT2D eigenvalue weighted by Crippen LogP contribution is 2.36. The first kappa shape index (κ1) is 17.8. The fourth-order valence-corrected chi connectivity index (χ4v) is 2.37. The zero-order valence-corrected chi connectivity index (χ0v) is 14.2. The SMILES string of the molecule is COc1cc(Br)c(NC(=O)CCCCCCN)cc1OC. The maximum Gasteiger partial charge on any atom is 0.224 e. The Morgan fingerprint density at radius 3 is 2.38 bits per heavy atom. The highest BCUT2D eigenvalue weighted by Gasteiger charge is 2.11. The summed E-state index contributed by atoms with van der Waals surface area (Å²) in [6.07, 6.45) is 4.49. The fourth-order valence-electron chi connectivity index (χ4n) is 1.95. The van der Waals surface area contributed by atoms with Crippen LogP contribution in [0.1, 0.15) is 32.1 Å². The van der Waals surface area contributed by atoms with Gasteiger partial charge in [-0.3, -0.25) is 4.79 Å². The number of nitrogens with two attached hydrogens (primary N) is 1. The van der Waals surface area contributed by atoms with Gasteiger partial charge >= 0.3 is 0 Å². The lowest BCUT2D eigenvalue weighted by atomic mass is 10.1. The average Bonchev–Trinajstić information content (AvgIpc) is 2.48. The molecule has 0 saturated carbocycles. The Morgan fingerprint density at radius 1 is 1.14 bits per heavy atom. The van der Waals surface area contributed by atoms with E-state index in [2.05, 4.69) is 21.2 Å². The quantitative estimate of drug-likeness (QED) is 0.664. The van der Waals surface area contributed by atoms with Crippen LogP contribution in [0.4, 0.5) is 5.69 Å². The van der Waals surface area contributed by atoms with Crippen molar-refractivity contribution in [1.29, 1.82) is 0 Å². The summed E-state index contributed by atoms with van der Waals surface area (Å²) in [6, 6.07) is 3.52. The minimum Gasteiger partial charge on any atom is -0.493 e. The molecule has 0 spiro atoms. The second kappa shape index (κ2) is 9.63. The van der Waals surface area contributed by atoms with Crippen molar-refractivity contribution in [3.8, 4) is 11.5 Å². The van der Waals surface area contributed by atoms with Gasteiger partial charge in [-0.25, -0.2) is 0 Å². The molecule has 0 aliphatic rings. The molecule has 21 heavy (non-hydrogen) atoms. The van der Waals surface area contributed by atoms with Crippen molar-refractivity contribution >= 4 is 27.5 Å². The molecule has 1 aromatic rings. The number of carbonyl (C=O) groups excluding carboxylic acids is 1. The third kappa shape index (κ3) is 5.93. The van der Waals surface area contributed by atoms with E-state index in [0.29, 0.717) is 30.2 Å². The lowest BCUT2D eigenvalue weighted by Gasteiger charge is -2.12. The van der Waals surface area contributed by atoms with E-state index >= 15 is 0 Å². The second-order valence-electron chi connectivity index (χ2n) is 4.69. The van der Waals surface area contributed by atoms with Gasteiger partial charge in [0.15, 0.2) is 11.5 Å². The Kier molecular flexibility index (Phi) is 8.15. The molecule has 0 aliphatic heterocycles. The van der Waals surface area contributed by atoms with Crippen molar-refractivity contribution in [2.45, 2.75) is 32.1 Å². The van der Waals surface area contributed by atoms with Crippen LogP contribution in [-0.4, -0.2) is 26.7 Å². The van der Waals surface area contributed by atoms with Crippen molar-refractivity contribution in [2.24, 2.45) is 5.73 Å². The molecular weight excluding hydrogens is 336 g/mol. The van der Waals surface area contributed by atoms with Crippen LogP contribution >= 0.6 is 15.9 Å². The predicted octanol–water partition coefficient (Wildman–Crippen LogP) is 3.31. The molecule has 3 N–H and O–H groups in total. The maximum absolute atomic E-state index is 11.9. The van der Waals surface area contributed by atoms with Crippen molar-refractivity contribution in [1.82, 2.24) is 0 Å². The summed E-state index contributed by atoms with van der Waals surface area (Å²) in [5.74, 6) is 1.19. The summed E-state index contributed by atoms with van der Waals surface area (Å²) in [5.41, 5.74) is 6.11. The number of carbonyl (C=O) groups is 1. The molecular formula is C15H23BrN2O3. The van der Waals surface area contributed by atoms with Gasteiger partial charge in [0, 0.05) is 23.0 Å². The summed E-state index contributed by atoms with van der Waals surface area (Å²) < 4.78 is 11.2. The number of anilines is 1. The molecule has 118 valence electrons. The van der Waals surface area contributed by atoms with Crippen LogP contribution in [0.25, 0.3) is 0 Å². The first-order valence-corrected chi connectivity index (χ1v) is 7.83. The first-order chi connectivity index (χ1) is 10.1. The van der Waals surface area contributed by atoms with Crippen LogP contribution in [0.15, 0.2) is 16.6 Å². The van der Waals surface area contributed by atoms with Crippen LogP contribution in [0.5, 0.6) is 11.5 Å².